The van der Waals surface area contributed by atoms with Crippen molar-refractivity contribution < 1.29 is 18.3 Å². The molecule has 0 radical (unpaired) electrons. The lowest BCUT2D eigenvalue weighted by molar-refractivity contribution is -0.137. The molecule has 9 heteroatoms. The number of aliphatic hydroxyl groups excluding tert-OH is 1. The van der Waals surface area contributed by atoms with E-state index in [0.717, 1.165) is 12.1 Å². The number of aromatic amines is 1. The number of hydrogen-bond acceptors (Lipinski definition) is 4. The predicted octanol–water partition coefficient (Wildman–Crippen LogP) is 3.03. The van der Waals surface area contributed by atoms with Crippen molar-refractivity contribution in [3.8, 4) is 0 Å². The Morgan fingerprint density at radius 1 is 1.39 bits per heavy atom. The van der Waals surface area contributed by atoms with Crippen molar-refractivity contribution >= 4 is 23.2 Å². The highest BCUT2D eigenvalue weighted by Crippen LogP contribution is 2.36. The van der Waals surface area contributed by atoms with Crippen LogP contribution in [0.2, 0.25) is 5.02 Å². The van der Waals surface area contributed by atoms with Gasteiger partial charge >= 0.3 is 6.18 Å². The Labute approximate surface area is 134 Å². The maximum absolute atomic E-state index is 12.8. The molecule has 0 saturated heterocycles. The number of halogens is 4. The van der Waals surface area contributed by atoms with Gasteiger partial charge in [-0.3, -0.25) is 9.78 Å². The number of H-pyrrole nitrogens is 1. The maximum atomic E-state index is 12.8. The summed E-state index contributed by atoms with van der Waals surface area (Å²) in [6.45, 7) is 1.37. The average molecular weight is 348 g/mol. The first kappa shape index (κ1) is 17.3. The van der Waals surface area contributed by atoms with Crippen molar-refractivity contribution in [2.24, 2.45) is 0 Å². The summed E-state index contributed by atoms with van der Waals surface area (Å²) >= 11 is 5.54. The second-order valence-corrected chi connectivity index (χ2v) is 5.18. The Morgan fingerprint density at radius 2 is 2.09 bits per heavy atom. The summed E-state index contributed by atoms with van der Waals surface area (Å²) in [5, 5.41) is 11.1. The molecule has 23 heavy (non-hydrogen) atoms. The van der Waals surface area contributed by atoms with Crippen LogP contribution in [0.3, 0.4) is 0 Å². The van der Waals surface area contributed by atoms with Crippen LogP contribution in [0.4, 0.5) is 24.8 Å². The molecule has 2 aromatic rings. The molecule has 0 spiro atoms. The zero-order valence-corrected chi connectivity index (χ0v) is 12.7. The summed E-state index contributed by atoms with van der Waals surface area (Å²) < 4.78 is 38.5. The molecule has 0 fully saturated rings. The van der Waals surface area contributed by atoms with Gasteiger partial charge < -0.3 is 10.4 Å². The van der Waals surface area contributed by atoms with Crippen LogP contribution in [0.5, 0.6) is 0 Å². The van der Waals surface area contributed by atoms with Crippen LogP contribution in [-0.4, -0.2) is 21.7 Å². The van der Waals surface area contributed by atoms with Gasteiger partial charge in [-0.1, -0.05) is 11.6 Å². The molecule has 5 nitrogen and oxygen atoms in total. The highest BCUT2D eigenvalue weighted by atomic mass is 35.5. The number of rotatable bonds is 4. The van der Waals surface area contributed by atoms with E-state index in [1.54, 1.807) is 6.92 Å². The van der Waals surface area contributed by atoms with Gasteiger partial charge in [-0.05, 0) is 25.1 Å². The molecule has 0 amide bonds. The molecule has 0 saturated carbocycles. The number of hydrogen-bond donors (Lipinski definition) is 3. The number of aliphatic hydroxyl groups is 1. The molecule has 1 heterocycles. The fraction of sp³-hybridized carbons (Fsp3) is 0.286. The average Bonchev–Trinajstić information content (AvgIpc) is 2.44. The Morgan fingerprint density at radius 3 is 2.65 bits per heavy atom. The zero-order valence-electron chi connectivity index (χ0n) is 12.0. The highest BCUT2D eigenvalue weighted by Gasteiger charge is 2.33. The van der Waals surface area contributed by atoms with E-state index < -0.39 is 22.3 Å². The molecular formula is C14H13ClF3N3O2. The largest absolute Gasteiger partial charge is 0.417 e. The molecule has 0 aliphatic rings. The molecule has 0 bridgehead atoms. The van der Waals surface area contributed by atoms with Crippen molar-refractivity contribution in [3.63, 3.8) is 0 Å². The van der Waals surface area contributed by atoms with Crippen LogP contribution in [0.25, 0.3) is 0 Å². The number of alkyl halides is 3. The van der Waals surface area contributed by atoms with Crippen LogP contribution in [0.15, 0.2) is 23.0 Å². The summed E-state index contributed by atoms with van der Waals surface area (Å²) in [5.41, 5.74) is -0.654. The van der Waals surface area contributed by atoms with Gasteiger partial charge in [0.1, 0.15) is 0 Å². The van der Waals surface area contributed by atoms with E-state index in [1.165, 1.54) is 6.07 Å². The van der Waals surface area contributed by atoms with Crippen LogP contribution >= 0.6 is 11.6 Å². The van der Waals surface area contributed by atoms with E-state index in [-0.39, 0.29) is 24.7 Å². The molecule has 1 aromatic carbocycles. The molecule has 0 aliphatic heterocycles. The lowest BCUT2D eigenvalue weighted by Gasteiger charge is -2.12. The van der Waals surface area contributed by atoms with Gasteiger partial charge in [0.2, 0.25) is 5.95 Å². The third-order valence-corrected chi connectivity index (χ3v) is 3.45. The summed E-state index contributed by atoms with van der Waals surface area (Å²) in [5.74, 6) is 0.00429. The van der Waals surface area contributed by atoms with Gasteiger partial charge in [-0.2, -0.15) is 13.2 Å². The van der Waals surface area contributed by atoms with E-state index in [4.69, 9.17) is 16.7 Å². The van der Waals surface area contributed by atoms with Gasteiger partial charge in [0.05, 0.1) is 16.3 Å². The summed E-state index contributed by atoms with van der Waals surface area (Å²) in [6, 6.07) is 3.28. The first-order valence-electron chi connectivity index (χ1n) is 6.57. The van der Waals surface area contributed by atoms with Gasteiger partial charge in [-0.25, -0.2) is 4.98 Å². The zero-order chi connectivity index (χ0) is 17.2. The molecule has 3 N–H and O–H groups in total. The number of benzene rings is 1. The van der Waals surface area contributed by atoms with E-state index in [0.29, 0.717) is 11.3 Å². The number of aryl methyl sites for hydroxylation is 1. The third-order valence-electron chi connectivity index (χ3n) is 3.12. The van der Waals surface area contributed by atoms with Crippen LogP contribution < -0.4 is 10.9 Å². The highest BCUT2D eigenvalue weighted by molar-refractivity contribution is 6.31. The Bertz CT molecular complexity index is 775. The van der Waals surface area contributed by atoms with Crippen molar-refractivity contribution in [1.82, 2.24) is 9.97 Å². The number of anilines is 2. The minimum absolute atomic E-state index is 0.00429. The van der Waals surface area contributed by atoms with Crippen LogP contribution in [-0.2, 0) is 12.6 Å². The minimum Gasteiger partial charge on any atom is -0.396 e. The topological polar surface area (TPSA) is 78.0 Å². The summed E-state index contributed by atoms with van der Waals surface area (Å²) in [4.78, 5) is 18.4. The van der Waals surface area contributed by atoms with Gasteiger partial charge in [0.25, 0.3) is 5.56 Å². The lowest BCUT2D eigenvalue weighted by Crippen LogP contribution is -2.19. The molecule has 1 aromatic heterocycles. The minimum atomic E-state index is -4.59. The van der Waals surface area contributed by atoms with E-state index >= 15 is 0 Å². The SMILES string of the molecule is Cc1nc(Nc2ccc(Cl)c(C(F)(F)F)c2)[nH]c(=O)c1CCO. The van der Waals surface area contributed by atoms with Crippen LogP contribution in [0, 0.1) is 6.92 Å². The fourth-order valence-electron chi connectivity index (χ4n) is 2.03. The molecular weight excluding hydrogens is 335 g/mol. The number of nitrogens with one attached hydrogen (secondary N) is 2. The Kier molecular flexibility index (Phi) is 4.96. The molecule has 0 atom stereocenters. The van der Waals surface area contributed by atoms with Crippen molar-refractivity contribution in [2.75, 3.05) is 11.9 Å². The Balaban J connectivity index is 2.35. The Hall–Kier alpha value is -2.06. The van der Waals surface area contributed by atoms with E-state index in [1.807, 2.05) is 0 Å². The second kappa shape index (κ2) is 6.59. The summed E-state index contributed by atoms with van der Waals surface area (Å²) in [6.07, 6.45) is -4.44. The molecule has 0 unspecified atom stereocenters. The molecule has 124 valence electrons. The van der Waals surface area contributed by atoms with Gasteiger partial charge in [-0.15, -0.1) is 0 Å². The standard InChI is InChI=1S/C14H13ClF3N3O2/c1-7-9(4-5-22)12(23)21-13(19-7)20-8-2-3-11(15)10(6-8)14(16,17)18/h2-3,6,22H,4-5H2,1H3,(H2,19,20,21,23). The third kappa shape index (κ3) is 4.02. The fourth-order valence-corrected chi connectivity index (χ4v) is 2.26. The maximum Gasteiger partial charge on any atom is 0.417 e. The number of nitrogens with zero attached hydrogens (tertiary/aromatic N) is 1. The first-order chi connectivity index (χ1) is 10.7. The van der Waals surface area contributed by atoms with Gasteiger partial charge in [0.15, 0.2) is 0 Å². The van der Waals surface area contributed by atoms with Gasteiger partial charge in [0, 0.05) is 24.3 Å². The van der Waals surface area contributed by atoms with Crippen molar-refractivity contribution in [2.45, 2.75) is 19.5 Å². The lowest BCUT2D eigenvalue weighted by atomic mass is 10.2. The quantitative estimate of drug-likeness (QED) is 0.794. The van der Waals surface area contributed by atoms with Crippen LogP contribution in [0.1, 0.15) is 16.8 Å². The predicted molar refractivity (Wildman–Crippen MR) is 80.1 cm³/mol. The normalized spacial score (nSPS) is 11.6. The second-order valence-electron chi connectivity index (χ2n) is 4.77. The van der Waals surface area contributed by atoms with E-state index in [2.05, 4.69) is 15.3 Å². The van der Waals surface area contributed by atoms with Crippen molar-refractivity contribution in [3.05, 3.63) is 50.4 Å². The smallest absolute Gasteiger partial charge is 0.396 e. The van der Waals surface area contributed by atoms with E-state index in [9.17, 15) is 18.0 Å². The van der Waals surface area contributed by atoms with Crippen molar-refractivity contribution in [1.29, 1.82) is 0 Å². The molecule has 2 rings (SSSR count). The summed E-state index contributed by atoms with van der Waals surface area (Å²) in [7, 11) is 0. The number of aromatic nitrogens is 2. The molecule has 0 aliphatic carbocycles. The first-order valence-corrected chi connectivity index (χ1v) is 6.94. The monoisotopic (exact) mass is 347 g/mol.